The van der Waals surface area contributed by atoms with Gasteiger partial charge in [0.2, 0.25) is 0 Å². The van der Waals surface area contributed by atoms with Crippen molar-refractivity contribution >= 4 is 23.2 Å². The Morgan fingerprint density at radius 3 is 2.52 bits per heavy atom. The molecule has 0 bridgehead atoms. The van der Waals surface area contributed by atoms with Gasteiger partial charge >= 0.3 is 0 Å². The van der Waals surface area contributed by atoms with Crippen LogP contribution in [0.3, 0.4) is 0 Å². The molecule has 0 radical (unpaired) electrons. The van der Waals surface area contributed by atoms with Crippen molar-refractivity contribution in [1.29, 1.82) is 0 Å². The summed E-state index contributed by atoms with van der Waals surface area (Å²) >= 11 is 12.1. The van der Waals surface area contributed by atoms with E-state index in [2.05, 4.69) is 11.8 Å². The molecule has 0 aromatic heterocycles. The van der Waals surface area contributed by atoms with Crippen LogP contribution in [0.5, 0.6) is 5.75 Å². The fourth-order valence-corrected chi connectivity index (χ4v) is 2.19. The molecule has 0 unspecified atom stereocenters. The molecule has 0 saturated heterocycles. The molecule has 2 aromatic carbocycles. The third-order valence-corrected chi connectivity index (χ3v) is 3.34. The lowest BCUT2D eigenvalue weighted by molar-refractivity contribution is 0.304. The lowest BCUT2D eigenvalue weighted by Crippen LogP contribution is -1.98. The molecule has 0 aliphatic carbocycles. The van der Waals surface area contributed by atoms with Crippen molar-refractivity contribution in [1.82, 2.24) is 0 Å². The Morgan fingerprint density at radius 1 is 1.14 bits per heavy atom. The number of hydrogen-bond donors (Lipinski definition) is 1. The van der Waals surface area contributed by atoms with Crippen LogP contribution in [0.1, 0.15) is 11.1 Å². The van der Waals surface area contributed by atoms with E-state index in [0.717, 1.165) is 0 Å². The number of rotatable bonds is 3. The third kappa shape index (κ3) is 4.37. The largest absolute Gasteiger partial charge is 0.489 e. The zero-order valence-electron chi connectivity index (χ0n) is 10.9. The first kappa shape index (κ1) is 15.7. The monoisotopic (exact) mass is 324 g/mol. The van der Waals surface area contributed by atoms with E-state index >= 15 is 0 Å². The van der Waals surface area contributed by atoms with Crippen LogP contribution in [0.2, 0.25) is 10.0 Å². The summed E-state index contributed by atoms with van der Waals surface area (Å²) in [5.41, 5.74) is 1.05. The molecule has 0 amide bonds. The average molecular weight is 325 g/mol. The number of aliphatic hydroxyl groups excluding tert-OH is 1. The van der Waals surface area contributed by atoms with Crippen molar-refractivity contribution in [3.05, 3.63) is 63.4 Å². The van der Waals surface area contributed by atoms with Gasteiger partial charge in [0.05, 0.1) is 0 Å². The number of hydrogen-bond acceptors (Lipinski definition) is 2. The van der Waals surface area contributed by atoms with Crippen LogP contribution in [-0.4, -0.2) is 11.7 Å². The van der Waals surface area contributed by atoms with E-state index in [9.17, 15) is 4.39 Å². The van der Waals surface area contributed by atoms with Crippen molar-refractivity contribution in [2.45, 2.75) is 6.61 Å². The Balaban J connectivity index is 2.18. The van der Waals surface area contributed by atoms with Gasteiger partial charge in [-0.25, -0.2) is 4.39 Å². The van der Waals surface area contributed by atoms with Gasteiger partial charge in [-0.1, -0.05) is 41.1 Å². The van der Waals surface area contributed by atoms with Crippen molar-refractivity contribution in [2.75, 3.05) is 6.61 Å². The fraction of sp³-hybridized carbons (Fsp3) is 0.125. The van der Waals surface area contributed by atoms with Crippen LogP contribution >= 0.6 is 23.2 Å². The summed E-state index contributed by atoms with van der Waals surface area (Å²) in [4.78, 5) is 0. The average Bonchev–Trinajstić information content (AvgIpc) is 2.44. The minimum Gasteiger partial charge on any atom is -0.489 e. The van der Waals surface area contributed by atoms with Crippen molar-refractivity contribution in [3.63, 3.8) is 0 Å². The number of ether oxygens (including phenoxy) is 1. The van der Waals surface area contributed by atoms with Gasteiger partial charge in [0.1, 0.15) is 24.8 Å². The molecule has 5 heteroatoms. The molecule has 0 spiro atoms. The Hall–Kier alpha value is -1.73. The van der Waals surface area contributed by atoms with E-state index in [-0.39, 0.29) is 13.2 Å². The summed E-state index contributed by atoms with van der Waals surface area (Å²) in [7, 11) is 0. The van der Waals surface area contributed by atoms with Crippen molar-refractivity contribution in [2.24, 2.45) is 0 Å². The normalized spacial score (nSPS) is 9.90. The summed E-state index contributed by atoms with van der Waals surface area (Å²) in [5, 5.41) is 9.62. The molecule has 0 atom stereocenters. The van der Waals surface area contributed by atoms with E-state index in [1.165, 1.54) is 12.1 Å². The lowest BCUT2D eigenvalue weighted by Gasteiger charge is -2.10. The zero-order valence-corrected chi connectivity index (χ0v) is 12.4. The Labute approximate surface area is 132 Å². The molecule has 0 aliphatic heterocycles. The maximum atomic E-state index is 13.5. The first-order chi connectivity index (χ1) is 10.1. The van der Waals surface area contributed by atoms with Gasteiger partial charge in [-0.2, -0.15) is 0 Å². The first-order valence-electron chi connectivity index (χ1n) is 6.06. The van der Waals surface area contributed by atoms with Gasteiger partial charge in [0.25, 0.3) is 0 Å². The second kappa shape index (κ2) is 7.33. The van der Waals surface area contributed by atoms with Gasteiger partial charge in [-0.05, 0) is 24.3 Å². The van der Waals surface area contributed by atoms with Gasteiger partial charge in [-0.15, -0.1) is 0 Å². The van der Waals surface area contributed by atoms with E-state index in [0.29, 0.717) is 26.9 Å². The molecular formula is C16H11Cl2FO2. The Morgan fingerprint density at radius 2 is 1.86 bits per heavy atom. The Bertz CT molecular complexity index is 685. The molecule has 2 rings (SSSR count). The molecule has 0 fully saturated rings. The predicted octanol–water partition coefficient (Wildman–Crippen LogP) is 4.06. The maximum absolute atomic E-state index is 13.5. The summed E-state index contributed by atoms with van der Waals surface area (Å²) in [6.45, 7) is -0.170. The maximum Gasteiger partial charge on any atom is 0.128 e. The molecule has 2 nitrogen and oxygen atoms in total. The molecule has 1 N–H and O–H groups in total. The molecule has 21 heavy (non-hydrogen) atoms. The summed E-state index contributed by atoms with van der Waals surface area (Å²) in [6, 6.07) is 9.23. The zero-order chi connectivity index (χ0) is 15.2. The SMILES string of the molecule is OCC#Cc1cc(F)cc(OCc2c(Cl)cccc2Cl)c1. The van der Waals surface area contributed by atoms with E-state index < -0.39 is 5.82 Å². The summed E-state index contributed by atoms with van der Waals surface area (Å²) in [5.74, 6) is 4.92. The minimum absolute atomic E-state index is 0.120. The second-order valence-corrected chi connectivity index (χ2v) is 4.94. The van der Waals surface area contributed by atoms with Gasteiger partial charge in [0.15, 0.2) is 0 Å². The van der Waals surface area contributed by atoms with Crippen LogP contribution in [-0.2, 0) is 6.61 Å². The van der Waals surface area contributed by atoms with Crippen LogP contribution < -0.4 is 4.74 Å². The van der Waals surface area contributed by atoms with E-state index in [1.54, 1.807) is 24.3 Å². The standard InChI is InChI=1S/C16H11Cl2FO2/c17-15-4-1-5-16(18)14(15)10-21-13-8-11(3-2-6-20)7-12(19)9-13/h1,4-5,7-9,20H,6,10H2. The lowest BCUT2D eigenvalue weighted by atomic mass is 10.2. The molecule has 108 valence electrons. The number of aliphatic hydroxyl groups is 1. The third-order valence-electron chi connectivity index (χ3n) is 2.63. The minimum atomic E-state index is -0.472. The van der Waals surface area contributed by atoms with Gasteiger partial charge in [-0.3, -0.25) is 0 Å². The predicted molar refractivity (Wildman–Crippen MR) is 81.2 cm³/mol. The second-order valence-electron chi connectivity index (χ2n) is 4.12. The smallest absolute Gasteiger partial charge is 0.128 e. The van der Waals surface area contributed by atoms with E-state index in [4.69, 9.17) is 33.0 Å². The van der Waals surface area contributed by atoms with Gasteiger partial charge < -0.3 is 9.84 Å². The molecule has 0 saturated carbocycles. The first-order valence-corrected chi connectivity index (χ1v) is 6.82. The number of benzene rings is 2. The molecule has 0 heterocycles. The van der Waals surface area contributed by atoms with Crippen LogP contribution in [0.4, 0.5) is 4.39 Å². The molecule has 0 aliphatic rings. The van der Waals surface area contributed by atoms with Crippen LogP contribution in [0.25, 0.3) is 0 Å². The van der Waals surface area contributed by atoms with Gasteiger partial charge in [0, 0.05) is 27.2 Å². The fourth-order valence-electron chi connectivity index (χ4n) is 1.69. The highest BCUT2D eigenvalue weighted by Crippen LogP contribution is 2.26. The quantitative estimate of drug-likeness (QED) is 0.863. The molecule has 2 aromatic rings. The highest BCUT2D eigenvalue weighted by molar-refractivity contribution is 6.35. The summed E-state index contributed by atoms with van der Waals surface area (Å²) in [6.07, 6.45) is 0. The number of halogens is 3. The Kier molecular flexibility index (Phi) is 5.46. The van der Waals surface area contributed by atoms with Crippen LogP contribution in [0.15, 0.2) is 36.4 Å². The highest BCUT2D eigenvalue weighted by Gasteiger charge is 2.07. The molecular weight excluding hydrogens is 314 g/mol. The topological polar surface area (TPSA) is 29.5 Å². The van der Waals surface area contributed by atoms with Crippen molar-refractivity contribution in [3.8, 4) is 17.6 Å². The van der Waals surface area contributed by atoms with Crippen LogP contribution in [0, 0.1) is 17.7 Å². The van der Waals surface area contributed by atoms with E-state index in [1.807, 2.05) is 0 Å². The highest BCUT2D eigenvalue weighted by atomic mass is 35.5. The summed E-state index contributed by atoms with van der Waals surface area (Å²) < 4.78 is 19.0. The van der Waals surface area contributed by atoms with Crippen molar-refractivity contribution < 1.29 is 14.2 Å².